The van der Waals surface area contributed by atoms with Crippen LogP contribution in [0.25, 0.3) is 0 Å². The molecule has 1 saturated carbocycles. The Kier molecular flexibility index (Phi) is 4.12. The fourth-order valence-electron chi connectivity index (χ4n) is 2.42. The van der Waals surface area contributed by atoms with E-state index < -0.39 is 31.8 Å². The lowest BCUT2D eigenvalue weighted by atomic mass is 9.86. The zero-order valence-electron chi connectivity index (χ0n) is 11.4. The third-order valence-corrected chi connectivity index (χ3v) is 6.97. The Morgan fingerprint density at radius 2 is 2.24 bits per heavy atom. The van der Waals surface area contributed by atoms with Crippen molar-refractivity contribution in [1.29, 1.82) is 5.26 Å². The van der Waals surface area contributed by atoms with Gasteiger partial charge in [0.2, 0.25) is 5.95 Å². The normalized spacial score (nSPS) is 20.1. The van der Waals surface area contributed by atoms with E-state index in [0.29, 0.717) is 23.7 Å². The minimum atomic E-state index is -3.77. The average Bonchev–Trinajstić information content (AvgIpc) is 2.29. The van der Waals surface area contributed by atoms with Gasteiger partial charge >= 0.3 is 0 Å². The third-order valence-electron chi connectivity index (χ3n) is 3.87. The molecule has 0 aromatic carbocycles. The molecule has 8 heteroatoms. The summed E-state index contributed by atoms with van der Waals surface area (Å²) in [6.07, 6.45) is 2.58. The van der Waals surface area contributed by atoms with E-state index in [1.165, 1.54) is 19.2 Å². The topological polar surface area (TPSA) is 96.8 Å². The van der Waals surface area contributed by atoms with E-state index in [-0.39, 0.29) is 5.56 Å². The number of nitrogens with zero attached hydrogens (tertiary/aromatic N) is 2. The molecule has 0 amide bonds. The molecule has 0 radical (unpaired) electrons. The summed E-state index contributed by atoms with van der Waals surface area (Å²) in [6, 6.07) is 3.31. The molecule has 0 aliphatic heterocycles. The molecule has 1 atom stereocenters. The van der Waals surface area contributed by atoms with Gasteiger partial charge in [0.15, 0.2) is 14.6 Å². The number of nitrogens with two attached hydrogens (primary N) is 1. The summed E-state index contributed by atoms with van der Waals surface area (Å²) < 4.78 is 38.0. The van der Waals surface area contributed by atoms with Gasteiger partial charge in [0, 0.05) is 16.2 Å². The smallest absolute Gasteiger partial charge is 0.217 e. The summed E-state index contributed by atoms with van der Waals surface area (Å²) in [6.45, 7) is 1.43. The largest absolute Gasteiger partial charge is 0.321 e. The Bertz CT molecular complexity index is 709. The van der Waals surface area contributed by atoms with E-state index in [1.807, 2.05) is 6.07 Å². The van der Waals surface area contributed by atoms with Crippen molar-refractivity contribution in [2.75, 3.05) is 5.75 Å². The van der Waals surface area contributed by atoms with Crippen LogP contribution < -0.4 is 5.73 Å². The highest BCUT2D eigenvalue weighted by molar-refractivity contribution is 9.10. The molecule has 1 aliphatic carbocycles. The molecule has 1 aromatic heterocycles. The van der Waals surface area contributed by atoms with Crippen molar-refractivity contribution in [3.05, 3.63) is 28.2 Å². The predicted molar refractivity (Wildman–Crippen MR) is 79.4 cm³/mol. The fraction of sp³-hybridized carbons (Fsp3) is 0.538. The number of hydrogen-bond donors (Lipinski definition) is 1. The van der Waals surface area contributed by atoms with Crippen molar-refractivity contribution < 1.29 is 12.8 Å². The molecular formula is C13H15BrFN3O2S. The monoisotopic (exact) mass is 375 g/mol. The lowest BCUT2D eigenvalue weighted by molar-refractivity contribution is 0.397. The zero-order valence-corrected chi connectivity index (χ0v) is 13.8. The van der Waals surface area contributed by atoms with Crippen LogP contribution in [0.2, 0.25) is 0 Å². The van der Waals surface area contributed by atoms with Gasteiger partial charge in [-0.1, -0.05) is 0 Å². The summed E-state index contributed by atoms with van der Waals surface area (Å²) >= 11 is 3.16. The maximum Gasteiger partial charge on any atom is 0.217 e. The number of nitriles is 1. The lowest BCUT2D eigenvalue weighted by Gasteiger charge is -2.37. The molecule has 1 fully saturated rings. The molecule has 0 spiro atoms. The van der Waals surface area contributed by atoms with Gasteiger partial charge in [-0.25, -0.2) is 13.4 Å². The van der Waals surface area contributed by atoms with E-state index in [4.69, 9.17) is 5.73 Å². The second kappa shape index (κ2) is 5.30. The van der Waals surface area contributed by atoms with Gasteiger partial charge < -0.3 is 5.73 Å². The number of rotatable bonds is 4. The second-order valence-electron chi connectivity index (χ2n) is 5.63. The Balaban J connectivity index is 2.38. The fourth-order valence-corrected chi connectivity index (χ4v) is 5.03. The molecule has 2 rings (SSSR count). The molecule has 1 aromatic rings. The van der Waals surface area contributed by atoms with Gasteiger partial charge in [-0.2, -0.15) is 9.65 Å². The van der Waals surface area contributed by atoms with Crippen LogP contribution in [-0.4, -0.2) is 23.9 Å². The highest BCUT2D eigenvalue weighted by Gasteiger charge is 2.51. The summed E-state index contributed by atoms with van der Waals surface area (Å²) in [5.74, 6) is -1.30. The van der Waals surface area contributed by atoms with Crippen LogP contribution in [0, 0.1) is 17.3 Å². The SMILES string of the molecule is CC(N)(CS(=O)(=O)C1(C#N)CCC1)c1cc(Br)cnc1F. The molecule has 2 N–H and O–H groups in total. The standard InChI is InChI=1S/C13H15BrFN3O2S/c1-12(17,10-5-9(14)6-18-11(10)15)8-21(19,20)13(7-16)3-2-4-13/h5-6H,2-4,8,17H2,1H3. The van der Waals surface area contributed by atoms with Gasteiger partial charge in [-0.3, -0.25) is 0 Å². The Hall–Kier alpha value is -1.04. The first-order chi connectivity index (χ1) is 9.63. The van der Waals surface area contributed by atoms with Crippen molar-refractivity contribution in [1.82, 2.24) is 4.98 Å². The summed E-state index contributed by atoms with van der Waals surface area (Å²) in [7, 11) is -3.77. The van der Waals surface area contributed by atoms with Crippen LogP contribution in [0.4, 0.5) is 4.39 Å². The number of pyridine rings is 1. The second-order valence-corrected chi connectivity index (χ2v) is 8.84. The van der Waals surface area contributed by atoms with Crippen LogP contribution in [-0.2, 0) is 15.4 Å². The van der Waals surface area contributed by atoms with E-state index in [1.54, 1.807) is 0 Å². The molecule has 0 bridgehead atoms. The number of hydrogen-bond acceptors (Lipinski definition) is 5. The van der Waals surface area contributed by atoms with E-state index in [2.05, 4.69) is 20.9 Å². The van der Waals surface area contributed by atoms with Crippen LogP contribution in [0.15, 0.2) is 16.7 Å². The quantitative estimate of drug-likeness (QED) is 0.811. The minimum absolute atomic E-state index is 0.00728. The van der Waals surface area contributed by atoms with E-state index in [9.17, 15) is 18.1 Å². The Morgan fingerprint density at radius 3 is 2.71 bits per heavy atom. The highest BCUT2D eigenvalue weighted by Crippen LogP contribution is 2.41. The third kappa shape index (κ3) is 2.82. The molecule has 21 heavy (non-hydrogen) atoms. The first kappa shape index (κ1) is 16.3. The number of sulfone groups is 1. The number of halogens is 2. The molecule has 114 valence electrons. The van der Waals surface area contributed by atoms with Crippen LogP contribution in [0.1, 0.15) is 31.7 Å². The zero-order chi connectivity index (χ0) is 15.9. The maximum atomic E-state index is 13.8. The molecule has 1 aliphatic rings. The highest BCUT2D eigenvalue weighted by atomic mass is 79.9. The van der Waals surface area contributed by atoms with Gasteiger partial charge in [0.25, 0.3) is 0 Å². The summed E-state index contributed by atoms with van der Waals surface area (Å²) in [5, 5.41) is 9.17. The average molecular weight is 376 g/mol. The minimum Gasteiger partial charge on any atom is -0.321 e. The van der Waals surface area contributed by atoms with Crippen LogP contribution in [0.5, 0.6) is 0 Å². The Labute approximate surface area is 131 Å². The van der Waals surface area contributed by atoms with E-state index in [0.717, 1.165) is 0 Å². The summed E-state index contributed by atoms with van der Waals surface area (Å²) in [4.78, 5) is 3.54. The van der Waals surface area contributed by atoms with Gasteiger partial charge in [0.05, 0.1) is 17.4 Å². The van der Waals surface area contributed by atoms with Crippen molar-refractivity contribution in [3.63, 3.8) is 0 Å². The molecular weight excluding hydrogens is 361 g/mol. The number of aromatic nitrogens is 1. The van der Waals surface area contributed by atoms with Crippen molar-refractivity contribution in [3.8, 4) is 6.07 Å². The van der Waals surface area contributed by atoms with E-state index >= 15 is 0 Å². The molecule has 5 nitrogen and oxygen atoms in total. The first-order valence-electron chi connectivity index (χ1n) is 6.37. The van der Waals surface area contributed by atoms with Gasteiger partial charge in [-0.15, -0.1) is 0 Å². The van der Waals surface area contributed by atoms with Crippen molar-refractivity contribution >= 4 is 25.8 Å². The van der Waals surface area contributed by atoms with Gasteiger partial charge in [-0.05, 0) is 48.2 Å². The maximum absolute atomic E-state index is 13.8. The van der Waals surface area contributed by atoms with Crippen molar-refractivity contribution in [2.24, 2.45) is 5.73 Å². The first-order valence-corrected chi connectivity index (χ1v) is 8.82. The van der Waals surface area contributed by atoms with Crippen LogP contribution in [0.3, 0.4) is 0 Å². The molecule has 1 unspecified atom stereocenters. The predicted octanol–water partition coefficient (Wildman–Crippen LogP) is 2.02. The molecule has 0 saturated heterocycles. The van der Waals surface area contributed by atoms with Crippen LogP contribution >= 0.6 is 15.9 Å². The van der Waals surface area contributed by atoms with Crippen molar-refractivity contribution in [2.45, 2.75) is 36.5 Å². The lowest BCUT2D eigenvalue weighted by Crippen LogP contribution is -2.51. The molecule has 1 heterocycles. The Morgan fingerprint density at radius 1 is 1.62 bits per heavy atom. The van der Waals surface area contributed by atoms with Gasteiger partial charge in [0.1, 0.15) is 0 Å². The summed E-state index contributed by atoms with van der Waals surface area (Å²) in [5.41, 5.74) is 4.58.